The van der Waals surface area contributed by atoms with Gasteiger partial charge in [0, 0.05) is 11.1 Å². The standard InChI is InChI=1S/C28H27N3/c1-2-18-11-13-24(23-10-6-5-9-22(18)23)26-16-21(17-29-26)20-12-14-25-27(15-20)30-31-28(25)19-7-3-4-8-19/h5-6,9-16,19,28H,2-4,7-8,17H2,1H3. The lowest BCUT2D eigenvalue weighted by Crippen LogP contribution is -2.04. The Labute approximate surface area is 183 Å². The fourth-order valence-electron chi connectivity index (χ4n) is 5.55. The molecule has 0 N–H and O–H groups in total. The summed E-state index contributed by atoms with van der Waals surface area (Å²) in [6.07, 6.45) is 8.56. The largest absolute Gasteiger partial charge is 0.280 e. The molecule has 0 saturated heterocycles. The molecule has 1 fully saturated rings. The number of hydrogen-bond acceptors (Lipinski definition) is 3. The first kappa shape index (κ1) is 18.7. The van der Waals surface area contributed by atoms with Gasteiger partial charge < -0.3 is 0 Å². The van der Waals surface area contributed by atoms with Crippen LogP contribution >= 0.6 is 0 Å². The molecule has 0 radical (unpaired) electrons. The summed E-state index contributed by atoms with van der Waals surface area (Å²) >= 11 is 0. The number of hydrogen-bond donors (Lipinski definition) is 0. The highest BCUT2D eigenvalue weighted by molar-refractivity contribution is 6.21. The molecule has 3 aromatic rings. The lowest BCUT2D eigenvalue weighted by Gasteiger charge is -2.15. The maximum atomic E-state index is 4.91. The van der Waals surface area contributed by atoms with Gasteiger partial charge in [-0.1, -0.05) is 68.3 Å². The fourth-order valence-corrected chi connectivity index (χ4v) is 5.55. The molecule has 1 atom stereocenters. The van der Waals surface area contributed by atoms with E-state index in [-0.39, 0.29) is 6.04 Å². The van der Waals surface area contributed by atoms with Gasteiger partial charge in [-0.2, -0.15) is 10.2 Å². The molecule has 1 saturated carbocycles. The molecule has 3 aliphatic rings. The van der Waals surface area contributed by atoms with E-state index in [1.807, 2.05) is 0 Å². The number of aryl methyl sites for hydroxylation is 1. The van der Waals surface area contributed by atoms with Gasteiger partial charge in [0.25, 0.3) is 0 Å². The van der Waals surface area contributed by atoms with Gasteiger partial charge in [-0.05, 0) is 64.8 Å². The average molecular weight is 406 g/mol. The van der Waals surface area contributed by atoms with Gasteiger partial charge in [0.1, 0.15) is 6.04 Å². The summed E-state index contributed by atoms with van der Waals surface area (Å²) < 4.78 is 0. The highest BCUT2D eigenvalue weighted by Gasteiger charge is 2.31. The molecular formula is C28H27N3. The predicted octanol–water partition coefficient (Wildman–Crippen LogP) is 7.62. The zero-order valence-electron chi connectivity index (χ0n) is 18.0. The average Bonchev–Trinajstić information content (AvgIpc) is 3.58. The summed E-state index contributed by atoms with van der Waals surface area (Å²) in [5, 5.41) is 11.8. The van der Waals surface area contributed by atoms with Crippen molar-refractivity contribution < 1.29 is 0 Å². The van der Waals surface area contributed by atoms with E-state index in [2.05, 4.69) is 77.8 Å². The Bertz CT molecular complexity index is 1260. The topological polar surface area (TPSA) is 37.1 Å². The number of benzene rings is 3. The van der Waals surface area contributed by atoms with E-state index in [9.17, 15) is 0 Å². The van der Waals surface area contributed by atoms with Crippen molar-refractivity contribution >= 4 is 27.7 Å². The molecule has 3 nitrogen and oxygen atoms in total. The first-order valence-electron chi connectivity index (χ1n) is 11.6. The molecule has 0 spiro atoms. The third-order valence-corrected chi connectivity index (χ3v) is 7.26. The number of allylic oxidation sites excluding steroid dienone is 1. The maximum absolute atomic E-state index is 4.91. The first-order valence-corrected chi connectivity index (χ1v) is 11.6. The van der Waals surface area contributed by atoms with Crippen molar-refractivity contribution in [2.24, 2.45) is 21.1 Å². The maximum Gasteiger partial charge on any atom is 0.101 e. The number of fused-ring (bicyclic) bond motifs is 2. The second kappa shape index (κ2) is 7.56. The van der Waals surface area contributed by atoms with Gasteiger partial charge in [0.05, 0.1) is 17.9 Å². The zero-order valence-corrected chi connectivity index (χ0v) is 18.0. The SMILES string of the molecule is CCc1ccc(C2=NCC(c3ccc4c(c3)N=NC4C3CCCC3)=C2)c2ccccc12. The molecule has 0 amide bonds. The second-order valence-corrected chi connectivity index (χ2v) is 9.02. The highest BCUT2D eigenvalue weighted by Crippen LogP contribution is 2.46. The van der Waals surface area contributed by atoms with Crippen LogP contribution in [-0.2, 0) is 6.42 Å². The van der Waals surface area contributed by atoms with E-state index in [0.29, 0.717) is 5.92 Å². The van der Waals surface area contributed by atoms with Crippen molar-refractivity contribution in [3.05, 3.63) is 82.9 Å². The highest BCUT2D eigenvalue weighted by atomic mass is 15.2. The molecule has 1 aliphatic carbocycles. The zero-order chi connectivity index (χ0) is 20.8. The van der Waals surface area contributed by atoms with E-state index in [4.69, 9.17) is 4.99 Å². The minimum Gasteiger partial charge on any atom is -0.280 e. The molecule has 3 aromatic carbocycles. The van der Waals surface area contributed by atoms with Crippen LogP contribution in [0.1, 0.15) is 60.9 Å². The van der Waals surface area contributed by atoms with Crippen LogP contribution in [0.25, 0.3) is 16.3 Å². The molecule has 0 aromatic heterocycles. The Morgan fingerprint density at radius 1 is 0.935 bits per heavy atom. The summed E-state index contributed by atoms with van der Waals surface area (Å²) in [7, 11) is 0. The van der Waals surface area contributed by atoms with Crippen molar-refractivity contribution in [3.63, 3.8) is 0 Å². The third kappa shape index (κ3) is 3.15. The smallest absolute Gasteiger partial charge is 0.101 e. The van der Waals surface area contributed by atoms with Crippen LogP contribution in [0.5, 0.6) is 0 Å². The summed E-state index contributed by atoms with van der Waals surface area (Å²) in [5.74, 6) is 0.677. The molecule has 31 heavy (non-hydrogen) atoms. The lowest BCUT2D eigenvalue weighted by atomic mass is 9.90. The van der Waals surface area contributed by atoms with E-state index >= 15 is 0 Å². The Balaban J connectivity index is 1.32. The van der Waals surface area contributed by atoms with Crippen LogP contribution < -0.4 is 0 Å². The number of azo groups is 1. The van der Waals surface area contributed by atoms with Gasteiger partial charge in [-0.15, -0.1) is 0 Å². The van der Waals surface area contributed by atoms with Gasteiger partial charge >= 0.3 is 0 Å². The van der Waals surface area contributed by atoms with Crippen LogP contribution in [0.2, 0.25) is 0 Å². The minimum absolute atomic E-state index is 0.277. The van der Waals surface area contributed by atoms with Crippen molar-refractivity contribution in [2.45, 2.75) is 45.1 Å². The monoisotopic (exact) mass is 405 g/mol. The van der Waals surface area contributed by atoms with E-state index < -0.39 is 0 Å². The van der Waals surface area contributed by atoms with Crippen LogP contribution in [-0.4, -0.2) is 12.3 Å². The van der Waals surface area contributed by atoms with Gasteiger partial charge in [0.2, 0.25) is 0 Å². The molecule has 0 bridgehead atoms. The summed E-state index contributed by atoms with van der Waals surface area (Å²) in [6.45, 7) is 2.94. The molecule has 154 valence electrons. The quantitative estimate of drug-likeness (QED) is 0.428. The Morgan fingerprint density at radius 3 is 2.61 bits per heavy atom. The molecule has 6 rings (SSSR count). The molecule has 3 heteroatoms. The predicted molar refractivity (Wildman–Crippen MR) is 128 cm³/mol. The van der Waals surface area contributed by atoms with Crippen molar-refractivity contribution in [3.8, 4) is 0 Å². The molecule has 2 aliphatic heterocycles. The van der Waals surface area contributed by atoms with Crippen molar-refractivity contribution in [1.82, 2.24) is 0 Å². The number of aliphatic imine (C=N–C) groups is 1. The van der Waals surface area contributed by atoms with E-state index in [1.54, 1.807) is 0 Å². The minimum atomic E-state index is 0.277. The van der Waals surface area contributed by atoms with Crippen LogP contribution in [0, 0.1) is 5.92 Å². The summed E-state index contributed by atoms with van der Waals surface area (Å²) in [6, 6.07) is 20.2. The Kier molecular flexibility index (Phi) is 4.56. The van der Waals surface area contributed by atoms with Crippen LogP contribution in [0.3, 0.4) is 0 Å². The van der Waals surface area contributed by atoms with Gasteiger partial charge in [-0.25, -0.2) is 0 Å². The van der Waals surface area contributed by atoms with Crippen LogP contribution in [0.15, 0.2) is 75.9 Å². The summed E-state index contributed by atoms with van der Waals surface area (Å²) in [5.41, 5.74) is 8.56. The number of rotatable bonds is 4. The molecule has 1 unspecified atom stereocenters. The Hall–Kier alpha value is -3.07. The fraction of sp³-hybridized carbons (Fsp3) is 0.321. The number of nitrogens with zero attached hydrogens (tertiary/aromatic N) is 3. The first-order chi connectivity index (χ1) is 15.3. The van der Waals surface area contributed by atoms with Gasteiger partial charge in [0.15, 0.2) is 0 Å². The third-order valence-electron chi connectivity index (χ3n) is 7.26. The van der Waals surface area contributed by atoms with E-state index in [0.717, 1.165) is 24.4 Å². The second-order valence-electron chi connectivity index (χ2n) is 9.02. The lowest BCUT2D eigenvalue weighted by molar-refractivity contribution is 0.446. The normalized spacial score (nSPS) is 20.4. The van der Waals surface area contributed by atoms with Crippen molar-refractivity contribution in [1.29, 1.82) is 0 Å². The van der Waals surface area contributed by atoms with Gasteiger partial charge in [-0.3, -0.25) is 4.99 Å². The van der Waals surface area contributed by atoms with Crippen LogP contribution in [0.4, 0.5) is 5.69 Å². The summed E-state index contributed by atoms with van der Waals surface area (Å²) in [4.78, 5) is 4.91. The van der Waals surface area contributed by atoms with Crippen molar-refractivity contribution in [2.75, 3.05) is 6.54 Å². The Morgan fingerprint density at radius 2 is 1.77 bits per heavy atom. The van der Waals surface area contributed by atoms with E-state index in [1.165, 1.54) is 64.3 Å². The molecular weight excluding hydrogens is 378 g/mol. The molecule has 2 heterocycles.